The third-order valence-electron chi connectivity index (χ3n) is 2.32. The van der Waals surface area contributed by atoms with Crippen LogP contribution in [0.2, 0.25) is 0 Å². The van der Waals surface area contributed by atoms with Crippen LogP contribution >= 0.6 is 0 Å². The normalized spacial score (nSPS) is 11.8. The molecule has 0 bridgehead atoms. The Labute approximate surface area is 99.8 Å². The second kappa shape index (κ2) is 4.41. The van der Waals surface area contributed by atoms with Crippen LogP contribution in [0.1, 0.15) is 11.3 Å². The molecule has 0 saturated carbocycles. The van der Waals surface area contributed by atoms with Gasteiger partial charge < -0.3 is 5.73 Å². The number of nitrogens with zero attached hydrogens (tertiary/aromatic N) is 2. The van der Waals surface area contributed by atoms with Gasteiger partial charge in [-0.1, -0.05) is 0 Å². The summed E-state index contributed by atoms with van der Waals surface area (Å²) in [5.74, 6) is -0.572. The highest BCUT2D eigenvalue weighted by Crippen LogP contribution is 2.28. The van der Waals surface area contributed by atoms with Gasteiger partial charge in [-0.15, -0.1) is 0 Å². The standard InChI is InChI=1S/C11H9F4N3/c12-8-3-7(6-16)4-9(5-8)18-2-1-10(17-18)11(13,14)15/h1-5H,6,16H2. The second-order valence-electron chi connectivity index (χ2n) is 3.67. The Hall–Kier alpha value is -1.89. The fourth-order valence-corrected chi connectivity index (χ4v) is 1.50. The van der Waals surface area contributed by atoms with Crippen LogP contribution in [-0.4, -0.2) is 9.78 Å². The van der Waals surface area contributed by atoms with E-state index in [1.54, 1.807) is 0 Å². The third-order valence-corrected chi connectivity index (χ3v) is 2.32. The summed E-state index contributed by atoms with van der Waals surface area (Å²) in [6.45, 7) is 0.0954. The van der Waals surface area contributed by atoms with Gasteiger partial charge >= 0.3 is 6.18 Å². The highest BCUT2D eigenvalue weighted by Gasteiger charge is 2.33. The van der Waals surface area contributed by atoms with E-state index < -0.39 is 17.7 Å². The van der Waals surface area contributed by atoms with Gasteiger partial charge in [0.05, 0.1) is 5.69 Å². The Kier molecular flexibility index (Phi) is 3.08. The number of aromatic nitrogens is 2. The minimum Gasteiger partial charge on any atom is -0.326 e. The van der Waals surface area contributed by atoms with E-state index in [1.807, 2.05) is 0 Å². The summed E-state index contributed by atoms with van der Waals surface area (Å²) in [4.78, 5) is 0. The first kappa shape index (κ1) is 12.6. The molecule has 2 rings (SSSR count). The molecule has 0 saturated heterocycles. The summed E-state index contributed by atoms with van der Waals surface area (Å²) in [6.07, 6.45) is -3.40. The topological polar surface area (TPSA) is 43.8 Å². The van der Waals surface area contributed by atoms with Crippen molar-refractivity contribution in [2.45, 2.75) is 12.7 Å². The lowest BCUT2D eigenvalue weighted by Gasteiger charge is -2.05. The second-order valence-corrected chi connectivity index (χ2v) is 3.67. The molecule has 2 N–H and O–H groups in total. The van der Waals surface area contributed by atoms with E-state index in [9.17, 15) is 17.6 Å². The van der Waals surface area contributed by atoms with E-state index in [1.165, 1.54) is 12.1 Å². The maximum atomic E-state index is 13.2. The molecule has 0 atom stereocenters. The van der Waals surface area contributed by atoms with E-state index in [4.69, 9.17) is 5.73 Å². The van der Waals surface area contributed by atoms with Crippen molar-refractivity contribution in [2.24, 2.45) is 5.73 Å². The van der Waals surface area contributed by atoms with E-state index >= 15 is 0 Å². The van der Waals surface area contributed by atoms with Crippen LogP contribution in [0, 0.1) is 5.82 Å². The van der Waals surface area contributed by atoms with Crippen molar-refractivity contribution in [1.29, 1.82) is 0 Å². The molecule has 0 fully saturated rings. The third kappa shape index (κ3) is 2.51. The van der Waals surface area contributed by atoms with Crippen molar-refractivity contribution in [3.63, 3.8) is 0 Å². The highest BCUT2D eigenvalue weighted by molar-refractivity contribution is 5.36. The largest absolute Gasteiger partial charge is 0.435 e. The predicted molar refractivity (Wildman–Crippen MR) is 56.4 cm³/mol. The number of rotatable bonds is 2. The van der Waals surface area contributed by atoms with Crippen molar-refractivity contribution < 1.29 is 17.6 Å². The lowest BCUT2D eigenvalue weighted by Crippen LogP contribution is -2.07. The van der Waals surface area contributed by atoms with Crippen LogP contribution < -0.4 is 5.73 Å². The van der Waals surface area contributed by atoms with E-state index in [-0.39, 0.29) is 12.2 Å². The zero-order valence-electron chi connectivity index (χ0n) is 9.08. The summed E-state index contributed by atoms with van der Waals surface area (Å²) in [5.41, 5.74) is 5.02. The van der Waals surface area contributed by atoms with Crippen molar-refractivity contribution >= 4 is 0 Å². The van der Waals surface area contributed by atoms with Crippen LogP contribution in [-0.2, 0) is 12.7 Å². The van der Waals surface area contributed by atoms with Crippen LogP contribution in [0.3, 0.4) is 0 Å². The molecule has 2 aromatic rings. The van der Waals surface area contributed by atoms with Gasteiger partial charge in [0, 0.05) is 12.7 Å². The minimum absolute atomic E-state index is 0.0954. The SMILES string of the molecule is NCc1cc(F)cc(-n2ccc(C(F)(F)F)n2)c1. The molecular weight excluding hydrogens is 250 g/mol. The molecule has 0 unspecified atom stereocenters. The average Bonchev–Trinajstić information content (AvgIpc) is 2.77. The lowest BCUT2D eigenvalue weighted by molar-refractivity contribution is -0.141. The number of halogens is 4. The Morgan fingerprint density at radius 2 is 1.94 bits per heavy atom. The number of hydrogen-bond donors (Lipinski definition) is 1. The van der Waals surface area contributed by atoms with Crippen molar-refractivity contribution in [3.8, 4) is 5.69 Å². The zero-order chi connectivity index (χ0) is 13.3. The summed E-state index contributed by atoms with van der Waals surface area (Å²) >= 11 is 0. The quantitative estimate of drug-likeness (QED) is 0.842. The van der Waals surface area contributed by atoms with Gasteiger partial charge in [0.25, 0.3) is 0 Å². The molecule has 96 valence electrons. The number of alkyl halides is 3. The van der Waals surface area contributed by atoms with Gasteiger partial charge in [-0.2, -0.15) is 18.3 Å². The maximum absolute atomic E-state index is 13.2. The average molecular weight is 259 g/mol. The fourth-order valence-electron chi connectivity index (χ4n) is 1.50. The number of nitrogens with two attached hydrogens (primary N) is 1. The fraction of sp³-hybridized carbons (Fsp3) is 0.182. The predicted octanol–water partition coefficient (Wildman–Crippen LogP) is 2.49. The van der Waals surface area contributed by atoms with E-state index in [2.05, 4.69) is 5.10 Å². The molecule has 0 aliphatic carbocycles. The van der Waals surface area contributed by atoms with Gasteiger partial charge in [0.15, 0.2) is 5.69 Å². The van der Waals surface area contributed by atoms with Crippen LogP contribution in [0.5, 0.6) is 0 Å². The van der Waals surface area contributed by atoms with Crippen molar-refractivity contribution in [3.05, 3.63) is 47.5 Å². The molecule has 7 heteroatoms. The summed E-state index contributed by atoms with van der Waals surface area (Å²) in [5, 5.41) is 3.35. The molecule has 3 nitrogen and oxygen atoms in total. The Morgan fingerprint density at radius 3 is 2.50 bits per heavy atom. The Balaban J connectivity index is 2.43. The Bertz CT molecular complexity index is 560. The van der Waals surface area contributed by atoms with Gasteiger partial charge in [0.2, 0.25) is 0 Å². The number of benzene rings is 1. The highest BCUT2D eigenvalue weighted by atomic mass is 19.4. The molecule has 0 aliphatic rings. The molecule has 1 heterocycles. The Morgan fingerprint density at radius 1 is 1.22 bits per heavy atom. The van der Waals surface area contributed by atoms with Gasteiger partial charge in [-0.05, 0) is 29.8 Å². The van der Waals surface area contributed by atoms with Gasteiger partial charge in [-0.25, -0.2) is 9.07 Å². The van der Waals surface area contributed by atoms with E-state index in [0.717, 1.165) is 23.0 Å². The zero-order valence-corrected chi connectivity index (χ0v) is 9.08. The van der Waals surface area contributed by atoms with E-state index in [0.29, 0.717) is 5.56 Å². The molecule has 0 aliphatic heterocycles. The molecule has 0 spiro atoms. The van der Waals surface area contributed by atoms with Crippen LogP contribution in [0.4, 0.5) is 17.6 Å². The van der Waals surface area contributed by atoms with Crippen LogP contribution in [0.25, 0.3) is 5.69 Å². The lowest BCUT2D eigenvalue weighted by atomic mass is 10.2. The maximum Gasteiger partial charge on any atom is 0.435 e. The van der Waals surface area contributed by atoms with Crippen molar-refractivity contribution in [2.75, 3.05) is 0 Å². The molecule has 0 amide bonds. The first-order chi connectivity index (χ1) is 8.40. The van der Waals surface area contributed by atoms with Gasteiger partial charge in [-0.3, -0.25) is 0 Å². The number of hydrogen-bond acceptors (Lipinski definition) is 2. The summed E-state index contributed by atoms with van der Waals surface area (Å²) in [6, 6.07) is 4.62. The van der Waals surface area contributed by atoms with Crippen molar-refractivity contribution in [1.82, 2.24) is 9.78 Å². The first-order valence-corrected chi connectivity index (χ1v) is 5.03. The summed E-state index contributed by atoms with van der Waals surface area (Å²) in [7, 11) is 0. The molecular formula is C11H9F4N3. The van der Waals surface area contributed by atoms with Gasteiger partial charge in [0.1, 0.15) is 5.82 Å². The smallest absolute Gasteiger partial charge is 0.326 e. The minimum atomic E-state index is -4.52. The molecule has 1 aromatic carbocycles. The summed E-state index contributed by atoms with van der Waals surface area (Å²) < 4.78 is 51.3. The monoisotopic (exact) mass is 259 g/mol. The molecule has 18 heavy (non-hydrogen) atoms. The molecule has 1 aromatic heterocycles. The first-order valence-electron chi connectivity index (χ1n) is 5.03. The van der Waals surface area contributed by atoms with Crippen LogP contribution in [0.15, 0.2) is 30.5 Å². The molecule has 0 radical (unpaired) electrons.